The summed E-state index contributed by atoms with van der Waals surface area (Å²) in [5, 5.41) is 3.00. The van der Waals surface area contributed by atoms with Gasteiger partial charge in [-0.3, -0.25) is 4.79 Å². The molecule has 0 aliphatic carbocycles. The maximum absolute atomic E-state index is 12.5. The molecule has 3 heteroatoms. The van der Waals surface area contributed by atoms with E-state index in [-0.39, 0.29) is 5.91 Å². The Balaban J connectivity index is 2.26. The summed E-state index contributed by atoms with van der Waals surface area (Å²) in [6, 6.07) is 10.3. The number of hydrogen-bond donors (Lipinski definition) is 1. The third kappa shape index (κ3) is 3.18. The van der Waals surface area contributed by atoms with Gasteiger partial charge in [0.2, 0.25) is 0 Å². The lowest BCUT2D eigenvalue weighted by Gasteiger charge is -2.13. The van der Waals surface area contributed by atoms with E-state index in [9.17, 15) is 4.79 Å². The van der Waals surface area contributed by atoms with E-state index in [0.29, 0.717) is 6.04 Å². The van der Waals surface area contributed by atoms with Gasteiger partial charge in [0.15, 0.2) is 0 Å². The van der Waals surface area contributed by atoms with Crippen molar-refractivity contribution in [2.75, 3.05) is 5.32 Å². The minimum atomic E-state index is -0.0387. The molecular formula is C18H24N2O. The van der Waals surface area contributed by atoms with Gasteiger partial charge in [-0.25, -0.2) is 0 Å². The first-order chi connectivity index (χ1) is 9.93. The maximum Gasteiger partial charge on any atom is 0.257 e. The summed E-state index contributed by atoms with van der Waals surface area (Å²) >= 11 is 0. The smallest absolute Gasteiger partial charge is 0.257 e. The number of carbonyl (C=O) groups excluding carboxylic acids is 1. The Morgan fingerprint density at radius 1 is 1.24 bits per heavy atom. The van der Waals surface area contributed by atoms with Crippen molar-refractivity contribution in [1.82, 2.24) is 4.57 Å². The number of benzene rings is 1. The van der Waals surface area contributed by atoms with Gasteiger partial charge in [0.05, 0.1) is 5.56 Å². The Kier molecular flexibility index (Phi) is 4.51. The molecule has 0 saturated carbocycles. The number of aryl methyl sites for hydroxylation is 2. The number of nitrogens with one attached hydrogen (secondary N) is 1. The van der Waals surface area contributed by atoms with Crippen molar-refractivity contribution < 1.29 is 4.79 Å². The van der Waals surface area contributed by atoms with Gasteiger partial charge >= 0.3 is 0 Å². The average molecular weight is 284 g/mol. The number of amides is 1. The predicted octanol–water partition coefficient (Wildman–Crippen LogP) is 4.50. The Morgan fingerprint density at radius 2 is 1.95 bits per heavy atom. The lowest BCUT2D eigenvalue weighted by molar-refractivity contribution is 0.102. The summed E-state index contributed by atoms with van der Waals surface area (Å²) in [5.41, 5.74) is 4.97. The molecule has 0 unspecified atom stereocenters. The minimum Gasteiger partial charge on any atom is -0.346 e. The Hall–Kier alpha value is -2.03. The molecule has 1 N–H and O–H groups in total. The normalized spacial score (nSPS) is 11.0. The molecule has 2 rings (SSSR count). The number of hydrogen-bond acceptors (Lipinski definition) is 1. The molecule has 1 aromatic carbocycles. The molecule has 21 heavy (non-hydrogen) atoms. The molecule has 0 saturated heterocycles. The van der Waals surface area contributed by atoms with E-state index in [1.807, 2.05) is 38.1 Å². The first kappa shape index (κ1) is 15.4. The topological polar surface area (TPSA) is 34.0 Å². The molecule has 0 fully saturated rings. The van der Waals surface area contributed by atoms with E-state index in [1.165, 1.54) is 5.56 Å². The highest BCUT2D eigenvalue weighted by Crippen LogP contribution is 2.21. The third-order valence-electron chi connectivity index (χ3n) is 3.84. The Bertz CT molecular complexity index is 653. The van der Waals surface area contributed by atoms with Crippen LogP contribution < -0.4 is 5.32 Å². The summed E-state index contributed by atoms with van der Waals surface area (Å²) in [5.74, 6) is -0.0387. The molecular weight excluding hydrogens is 260 g/mol. The second-order valence-corrected chi connectivity index (χ2v) is 5.76. The van der Waals surface area contributed by atoms with Crippen LogP contribution >= 0.6 is 0 Å². The molecule has 112 valence electrons. The summed E-state index contributed by atoms with van der Waals surface area (Å²) in [7, 11) is 0. The predicted molar refractivity (Wildman–Crippen MR) is 88.1 cm³/mol. The second-order valence-electron chi connectivity index (χ2n) is 5.76. The highest BCUT2D eigenvalue weighted by molar-refractivity contribution is 6.05. The van der Waals surface area contributed by atoms with Crippen LogP contribution in [0.5, 0.6) is 0 Å². The molecule has 0 bridgehead atoms. The van der Waals surface area contributed by atoms with Crippen LogP contribution in [0.15, 0.2) is 30.3 Å². The molecule has 0 aliphatic rings. The van der Waals surface area contributed by atoms with E-state index < -0.39 is 0 Å². The quantitative estimate of drug-likeness (QED) is 0.881. The summed E-state index contributed by atoms with van der Waals surface area (Å²) in [6.45, 7) is 10.4. The molecule has 0 spiro atoms. The average Bonchev–Trinajstić information content (AvgIpc) is 2.74. The van der Waals surface area contributed by atoms with Crippen LogP contribution in [-0.2, 0) is 6.42 Å². The molecule has 1 amide bonds. The molecule has 1 aromatic heterocycles. The maximum atomic E-state index is 12.5. The van der Waals surface area contributed by atoms with Gasteiger partial charge in [0.1, 0.15) is 0 Å². The lowest BCUT2D eigenvalue weighted by atomic mass is 10.1. The van der Waals surface area contributed by atoms with Crippen LogP contribution in [0.3, 0.4) is 0 Å². The van der Waals surface area contributed by atoms with Crippen molar-refractivity contribution in [3.05, 3.63) is 52.8 Å². The van der Waals surface area contributed by atoms with Crippen LogP contribution in [0.1, 0.15) is 54.1 Å². The fraction of sp³-hybridized carbons (Fsp3) is 0.389. The van der Waals surface area contributed by atoms with E-state index in [2.05, 4.69) is 36.7 Å². The molecule has 0 atom stereocenters. The van der Waals surface area contributed by atoms with Gasteiger partial charge in [-0.2, -0.15) is 0 Å². The zero-order chi connectivity index (χ0) is 15.6. The highest BCUT2D eigenvalue weighted by Gasteiger charge is 2.17. The minimum absolute atomic E-state index is 0.0387. The Morgan fingerprint density at radius 3 is 2.52 bits per heavy atom. The molecule has 0 aliphatic heterocycles. The highest BCUT2D eigenvalue weighted by atomic mass is 16.1. The van der Waals surface area contributed by atoms with Crippen LogP contribution in [0, 0.1) is 13.8 Å². The van der Waals surface area contributed by atoms with Gasteiger partial charge in [0.25, 0.3) is 5.91 Å². The first-order valence-corrected chi connectivity index (χ1v) is 7.52. The fourth-order valence-corrected chi connectivity index (χ4v) is 2.87. The summed E-state index contributed by atoms with van der Waals surface area (Å²) in [4.78, 5) is 12.5. The molecule has 2 aromatic rings. The molecule has 0 radical (unpaired) electrons. The fourth-order valence-electron chi connectivity index (χ4n) is 2.87. The number of nitrogens with zero attached hydrogens (tertiary/aromatic N) is 1. The standard InChI is InChI=1S/C18H24N2O/c1-6-15-8-7-9-16(11-15)19-18(21)17-10-13(4)20(12(2)3)14(17)5/h7-12H,6H2,1-5H3,(H,19,21). The van der Waals surface area contributed by atoms with Gasteiger partial charge in [-0.05, 0) is 57.9 Å². The zero-order valence-corrected chi connectivity index (χ0v) is 13.5. The van der Waals surface area contributed by atoms with Crippen LogP contribution in [0.4, 0.5) is 5.69 Å². The van der Waals surface area contributed by atoms with Gasteiger partial charge in [0, 0.05) is 23.1 Å². The number of anilines is 1. The SMILES string of the molecule is CCc1cccc(NC(=O)c2cc(C)n(C(C)C)c2C)c1. The van der Waals surface area contributed by atoms with Gasteiger partial charge < -0.3 is 9.88 Å². The monoisotopic (exact) mass is 284 g/mol. The van der Waals surface area contributed by atoms with Crippen molar-refractivity contribution in [3.8, 4) is 0 Å². The largest absolute Gasteiger partial charge is 0.346 e. The van der Waals surface area contributed by atoms with Crippen LogP contribution in [0.25, 0.3) is 0 Å². The zero-order valence-electron chi connectivity index (χ0n) is 13.5. The van der Waals surface area contributed by atoms with E-state index >= 15 is 0 Å². The number of rotatable bonds is 4. The van der Waals surface area contributed by atoms with Crippen molar-refractivity contribution in [2.45, 2.75) is 47.1 Å². The third-order valence-corrected chi connectivity index (χ3v) is 3.84. The second kappa shape index (κ2) is 6.17. The number of carbonyl (C=O) groups is 1. The Labute approximate surface area is 127 Å². The van der Waals surface area contributed by atoms with Gasteiger partial charge in [-0.1, -0.05) is 19.1 Å². The van der Waals surface area contributed by atoms with E-state index in [4.69, 9.17) is 0 Å². The van der Waals surface area contributed by atoms with Crippen LogP contribution in [0.2, 0.25) is 0 Å². The van der Waals surface area contributed by atoms with E-state index in [0.717, 1.165) is 29.1 Å². The number of aromatic nitrogens is 1. The van der Waals surface area contributed by atoms with Crippen molar-refractivity contribution in [2.24, 2.45) is 0 Å². The molecule has 3 nitrogen and oxygen atoms in total. The van der Waals surface area contributed by atoms with Crippen molar-refractivity contribution >= 4 is 11.6 Å². The summed E-state index contributed by atoms with van der Waals surface area (Å²) in [6.07, 6.45) is 0.964. The van der Waals surface area contributed by atoms with Gasteiger partial charge in [-0.15, -0.1) is 0 Å². The first-order valence-electron chi connectivity index (χ1n) is 7.52. The van der Waals surface area contributed by atoms with Crippen LogP contribution in [-0.4, -0.2) is 10.5 Å². The van der Waals surface area contributed by atoms with E-state index in [1.54, 1.807) is 0 Å². The molecule has 1 heterocycles. The summed E-state index contributed by atoms with van der Waals surface area (Å²) < 4.78 is 2.19. The van der Waals surface area contributed by atoms with Crippen molar-refractivity contribution in [3.63, 3.8) is 0 Å². The van der Waals surface area contributed by atoms with Crippen molar-refractivity contribution in [1.29, 1.82) is 0 Å². The lowest BCUT2D eigenvalue weighted by Crippen LogP contribution is -2.14.